The fraction of sp³-hybridized carbons (Fsp3) is 0.273. The van der Waals surface area contributed by atoms with Gasteiger partial charge in [0.05, 0.1) is 15.0 Å². The van der Waals surface area contributed by atoms with Gasteiger partial charge in [0.2, 0.25) is 0 Å². The fourth-order valence-electron chi connectivity index (χ4n) is 1.25. The third-order valence-electron chi connectivity index (χ3n) is 2.03. The number of benzene rings is 1. The highest BCUT2D eigenvalue weighted by Crippen LogP contribution is 2.33. The van der Waals surface area contributed by atoms with Gasteiger partial charge < -0.3 is 5.32 Å². The van der Waals surface area contributed by atoms with Crippen LogP contribution < -0.4 is 5.32 Å². The van der Waals surface area contributed by atoms with Crippen LogP contribution in [0.15, 0.2) is 24.8 Å². The van der Waals surface area contributed by atoms with Crippen molar-refractivity contribution < 1.29 is 4.92 Å². The molecular formula is C11H12Cl2N2O2S. The number of halogens is 2. The van der Waals surface area contributed by atoms with Gasteiger partial charge >= 0.3 is 0 Å². The van der Waals surface area contributed by atoms with Crippen molar-refractivity contribution in [2.45, 2.75) is 0 Å². The lowest BCUT2D eigenvalue weighted by Crippen LogP contribution is -2.06. The molecule has 0 spiro atoms. The fourth-order valence-corrected chi connectivity index (χ4v) is 2.15. The summed E-state index contributed by atoms with van der Waals surface area (Å²) in [6, 6.07) is 2.73. The Morgan fingerprint density at radius 3 is 2.72 bits per heavy atom. The topological polar surface area (TPSA) is 55.2 Å². The van der Waals surface area contributed by atoms with Crippen LogP contribution in [-0.2, 0) is 0 Å². The molecule has 0 saturated carbocycles. The number of nitro groups is 1. The van der Waals surface area contributed by atoms with Crippen LogP contribution in [0.3, 0.4) is 0 Å². The maximum atomic E-state index is 10.9. The molecule has 0 aliphatic heterocycles. The summed E-state index contributed by atoms with van der Waals surface area (Å²) in [4.78, 5) is 10.4. The van der Waals surface area contributed by atoms with Gasteiger partial charge in [-0.05, 0) is 6.07 Å². The van der Waals surface area contributed by atoms with Crippen LogP contribution in [0, 0.1) is 10.1 Å². The summed E-state index contributed by atoms with van der Waals surface area (Å²) in [5.74, 6) is 1.68. The Hall–Kier alpha value is -0.910. The molecule has 0 aliphatic carbocycles. The third kappa shape index (κ3) is 4.40. The van der Waals surface area contributed by atoms with Crippen molar-refractivity contribution in [2.24, 2.45) is 0 Å². The Bertz CT molecular complexity index is 455. The zero-order chi connectivity index (χ0) is 13.5. The maximum Gasteiger partial charge on any atom is 0.293 e. The third-order valence-corrected chi connectivity index (χ3v) is 3.72. The Labute approximate surface area is 119 Å². The van der Waals surface area contributed by atoms with Crippen LogP contribution in [0.25, 0.3) is 0 Å². The second-order valence-corrected chi connectivity index (χ2v) is 5.30. The van der Waals surface area contributed by atoms with Crippen molar-refractivity contribution in [3.8, 4) is 0 Å². The van der Waals surface area contributed by atoms with E-state index in [0.717, 1.165) is 11.5 Å². The molecule has 0 aliphatic rings. The van der Waals surface area contributed by atoms with Gasteiger partial charge in [-0.3, -0.25) is 10.1 Å². The van der Waals surface area contributed by atoms with E-state index in [-0.39, 0.29) is 10.7 Å². The minimum Gasteiger partial charge on any atom is -0.379 e. The molecule has 0 unspecified atom stereocenters. The number of thioether (sulfide) groups is 1. The molecule has 4 nitrogen and oxygen atoms in total. The highest BCUT2D eigenvalue weighted by Gasteiger charge is 2.16. The predicted molar refractivity (Wildman–Crippen MR) is 79.1 cm³/mol. The van der Waals surface area contributed by atoms with Crippen molar-refractivity contribution in [1.82, 2.24) is 0 Å². The van der Waals surface area contributed by atoms with Gasteiger partial charge in [0.25, 0.3) is 5.69 Å². The quantitative estimate of drug-likeness (QED) is 0.354. The molecule has 0 bridgehead atoms. The highest BCUT2D eigenvalue weighted by atomic mass is 35.5. The molecule has 0 fully saturated rings. The summed E-state index contributed by atoms with van der Waals surface area (Å²) >= 11 is 13.3. The number of hydrogen-bond acceptors (Lipinski definition) is 4. The molecule has 1 aromatic carbocycles. The van der Waals surface area contributed by atoms with E-state index >= 15 is 0 Å². The lowest BCUT2D eigenvalue weighted by Gasteiger charge is -2.08. The first kappa shape index (κ1) is 15.1. The molecule has 0 heterocycles. The summed E-state index contributed by atoms with van der Waals surface area (Å²) in [6.45, 7) is 4.22. The van der Waals surface area contributed by atoms with Gasteiger partial charge in [-0.25, -0.2) is 0 Å². The van der Waals surface area contributed by atoms with Gasteiger partial charge in [0.1, 0.15) is 5.69 Å². The van der Waals surface area contributed by atoms with E-state index in [1.165, 1.54) is 12.1 Å². The van der Waals surface area contributed by atoms with Crippen molar-refractivity contribution in [3.05, 3.63) is 44.9 Å². The van der Waals surface area contributed by atoms with Crippen molar-refractivity contribution in [2.75, 3.05) is 23.4 Å². The molecule has 1 N–H and O–H groups in total. The second-order valence-electron chi connectivity index (χ2n) is 3.33. The normalized spacial score (nSPS) is 10.1. The Balaban J connectivity index is 2.71. The maximum absolute atomic E-state index is 10.9. The summed E-state index contributed by atoms with van der Waals surface area (Å²) in [6.07, 6.45) is 1.81. The summed E-state index contributed by atoms with van der Waals surface area (Å²) in [7, 11) is 0. The van der Waals surface area contributed by atoms with Crippen LogP contribution in [0.4, 0.5) is 11.4 Å². The number of rotatable bonds is 7. The zero-order valence-electron chi connectivity index (χ0n) is 9.49. The minimum atomic E-state index is -0.485. The molecule has 0 amide bonds. The summed E-state index contributed by atoms with van der Waals surface area (Å²) in [5.41, 5.74) is 0.312. The first-order chi connectivity index (χ1) is 8.56. The van der Waals surface area contributed by atoms with Gasteiger partial charge in [-0.2, -0.15) is 11.8 Å². The molecule has 0 saturated heterocycles. The minimum absolute atomic E-state index is 0.0712. The first-order valence-corrected chi connectivity index (χ1v) is 7.03. The monoisotopic (exact) mass is 306 g/mol. The van der Waals surface area contributed by atoms with E-state index in [1.807, 2.05) is 6.08 Å². The number of nitrogens with one attached hydrogen (secondary N) is 1. The molecule has 0 radical (unpaired) electrons. The van der Waals surface area contributed by atoms with E-state index in [1.54, 1.807) is 11.8 Å². The van der Waals surface area contributed by atoms with Gasteiger partial charge in [-0.15, -0.1) is 6.58 Å². The molecule has 98 valence electrons. The number of anilines is 1. The Morgan fingerprint density at radius 1 is 1.44 bits per heavy atom. The van der Waals surface area contributed by atoms with Crippen LogP contribution in [0.5, 0.6) is 0 Å². The van der Waals surface area contributed by atoms with Crippen molar-refractivity contribution >= 4 is 46.3 Å². The standard InChI is InChI=1S/C11H12Cl2N2O2S/c1-2-4-18-5-3-14-10-6-8(12)9(13)7-11(10)15(16)17/h2,6-7,14H,1,3-5H2. The van der Waals surface area contributed by atoms with E-state index in [0.29, 0.717) is 17.3 Å². The summed E-state index contributed by atoms with van der Waals surface area (Å²) < 4.78 is 0. The average molecular weight is 307 g/mol. The van der Waals surface area contributed by atoms with Crippen LogP contribution in [-0.4, -0.2) is 23.0 Å². The van der Waals surface area contributed by atoms with Crippen molar-refractivity contribution in [1.29, 1.82) is 0 Å². The van der Waals surface area contributed by atoms with Crippen molar-refractivity contribution in [3.63, 3.8) is 0 Å². The number of nitrogens with zero attached hydrogens (tertiary/aromatic N) is 1. The van der Waals surface area contributed by atoms with Gasteiger partial charge in [0, 0.05) is 24.1 Å². The molecule has 0 aromatic heterocycles. The average Bonchev–Trinajstić information content (AvgIpc) is 2.32. The number of hydrogen-bond donors (Lipinski definition) is 1. The van der Waals surface area contributed by atoms with E-state index in [4.69, 9.17) is 23.2 Å². The Morgan fingerprint density at radius 2 is 2.11 bits per heavy atom. The molecule has 18 heavy (non-hydrogen) atoms. The van der Waals surface area contributed by atoms with Crippen LogP contribution in [0.1, 0.15) is 0 Å². The predicted octanol–water partition coefficient (Wildman–Crippen LogP) is 4.23. The van der Waals surface area contributed by atoms with E-state index in [9.17, 15) is 10.1 Å². The lowest BCUT2D eigenvalue weighted by molar-refractivity contribution is -0.383. The lowest BCUT2D eigenvalue weighted by atomic mass is 10.2. The van der Waals surface area contributed by atoms with Gasteiger partial charge in [0.15, 0.2) is 0 Å². The molecule has 0 atom stereocenters. The molecular weight excluding hydrogens is 295 g/mol. The van der Waals surface area contributed by atoms with E-state index in [2.05, 4.69) is 11.9 Å². The largest absolute Gasteiger partial charge is 0.379 e. The van der Waals surface area contributed by atoms with E-state index < -0.39 is 4.92 Å². The molecule has 7 heteroatoms. The SMILES string of the molecule is C=CCSCCNc1cc(Cl)c(Cl)cc1[N+](=O)[O-]. The summed E-state index contributed by atoms with van der Waals surface area (Å²) in [5, 5.41) is 14.3. The van der Waals surface area contributed by atoms with Crippen LogP contribution >= 0.6 is 35.0 Å². The zero-order valence-corrected chi connectivity index (χ0v) is 11.8. The first-order valence-electron chi connectivity index (χ1n) is 5.12. The molecule has 1 aromatic rings. The van der Waals surface area contributed by atoms with Crippen LogP contribution in [0.2, 0.25) is 10.0 Å². The molecule has 1 rings (SSSR count). The smallest absolute Gasteiger partial charge is 0.293 e. The number of nitro benzene ring substituents is 1. The van der Waals surface area contributed by atoms with Gasteiger partial charge in [-0.1, -0.05) is 29.3 Å². The highest BCUT2D eigenvalue weighted by molar-refractivity contribution is 7.99. The second kappa shape index (κ2) is 7.51. The Kier molecular flexibility index (Phi) is 6.32.